The molecule has 0 saturated carbocycles. The molecule has 1 aromatic rings. The normalized spacial score (nSPS) is 23.2. The SMILES string of the molecule is COc1cc(N2C[C@H]3CN(CC(=O)N(C)C)C(=O)[C@H]3C2)ncn1. The molecule has 2 fully saturated rings. The number of carbonyl (C=O) groups is 2. The number of rotatable bonds is 4. The number of ether oxygens (including phenoxy) is 1. The average molecular weight is 319 g/mol. The fraction of sp³-hybridized carbons (Fsp3) is 0.600. The van der Waals surface area contributed by atoms with Crippen molar-refractivity contribution in [3.63, 3.8) is 0 Å². The van der Waals surface area contributed by atoms with Crippen LogP contribution in [0.5, 0.6) is 5.88 Å². The monoisotopic (exact) mass is 319 g/mol. The van der Waals surface area contributed by atoms with E-state index in [9.17, 15) is 9.59 Å². The van der Waals surface area contributed by atoms with Gasteiger partial charge in [-0.3, -0.25) is 9.59 Å². The zero-order valence-corrected chi connectivity index (χ0v) is 13.6. The molecule has 0 spiro atoms. The number of likely N-dealkylation sites (N-methyl/N-ethyl adjacent to an activating group) is 1. The Labute approximate surface area is 135 Å². The Morgan fingerprint density at radius 1 is 1.35 bits per heavy atom. The number of likely N-dealkylation sites (tertiary alicyclic amines) is 1. The fourth-order valence-corrected chi connectivity index (χ4v) is 3.19. The zero-order chi connectivity index (χ0) is 16.6. The van der Waals surface area contributed by atoms with Gasteiger partial charge < -0.3 is 19.4 Å². The highest BCUT2D eigenvalue weighted by Gasteiger charge is 2.46. The van der Waals surface area contributed by atoms with Crippen molar-refractivity contribution in [1.82, 2.24) is 19.8 Å². The molecule has 3 rings (SSSR count). The quantitative estimate of drug-likeness (QED) is 0.742. The summed E-state index contributed by atoms with van der Waals surface area (Å²) in [6.45, 7) is 2.17. The van der Waals surface area contributed by atoms with Gasteiger partial charge in [0.2, 0.25) is 17.7 Å². The molecule has 2 atom stereocenters. The third kappa shape index (κ3) is 2.93. The highest BCUT2D eigenvalue weighted by molar-refractivity contribution is 5.88. The molecular formula is C15H21N5O3. The number of anilines is 1. The largest absolute Gasteiger partial charge is 0.481 e. The van der Waals surface area contributed by atoms with Crippen molar-refractivity contribution < 1.29 is 14.3 Å². The van der Waals surface area contributed by atoms with Gasteiger partial charge in [-0.2, -0.15) is 0 Å². The maximum absolute atomic E-state index is 12.5. The first-order valence-electron chi connectivity index (χ1n) is 7.59. The van der Waals surface area contributed by atoms with E-state index in [1.54, 1.807) is 32.2 Å². The number of methoxy groups -OCH3 is 1. The molecule has 8 nitrogen and oxygen atoms in total. The van der Waals surface area contributed by atoms with E-state index in [2.05, 4.69) is 14.9 Å². The number of carbonyl (C=O) groups excluding carboxylic acids is 2. The second-order valence-corrected chi connectivity index (χ2v) is 6.20. The van der Waals surface area contributed by atoms with Crippen LogP contribution in [-0.2, 0) is 9.59 Å². The smallest absolute Gasteiger partial charge is 0.241 e. The van der Waals surface area contributed by atoms with Crippen molar-refractivity contribution in [1.29, 1.82) is 0 Å². The van der Waals surface area contributed by atoms with E-state index in [-0.39, 0.29) is 30.2 Å². The van der Waals surface area contributed by atoms with E-state index in [1.165, 1.54) is 11.2 Å². The van der Waals surface area contributed by atoms with Crippen molar-refractivity contribution in [2.45, 2.75) is 0 Å². The maximum Gasteiger partial charge on any atom is 0.241 e. The lowest BCUT2D eigenvalue weighted by Crippen LogP contribution is -2.40. The molecule has 0 aromatic carbocycles. The zero-order valence-electron chi connectivity index (χ0n) is 13.6. The first-order valence-corrected chi connectivity index (χ1v) is 7.59. The van der Waals surface area contributed by atoms with Crippen LogP contribution in [0.25, 0.3) is 0 Å². The summed E-state index contributed by atoms with van der Waals surface area (Å²) in [5, 5.41) is 0. The highest BCUT2D eigenvalue weighted by Crippen LogP contribution is 2.34. The summed E-state index contributed by atoms with van der Waals surface area (Å²) >= 11 is 0. The molecule has 124 valence electrons. The average Bonchev–Trinajstić information content (AvgIpc) is 3.08. The van der Waals surface area contributed by atoms with E-state index >= 15 is 0 Å². The van der Waals surface area contributed by atoms with Crippen LogP contribution < -0.4 is 9.64 Å². The first-order chi connectivity index (χ1) is 11.0. The van der Waals surface area contributed by atoms with Crippen LogP contribution in [-0.4, -0.2) is 79.0 Å². The molecule has 2 aliphatic rings. The molecular weight excluding hydrogens is 298 g/mol. The van der Waals surface area contributed by atoms with E-state index in [1.807, 2.05) is 0 Å². The molecule has 0 N–H and O–H groups in total. The summed E-state index contributed by atoms with van der Waals surface area (Å²) < 4.78 is 5.12. The predicted octanol–water partition coefficient (Wildman–Crippen LogP) is -0.532. The Bertz CT molecular complexity index is 621. The summed E-state index contributed by atoms with van der Waals surface area (Å²) in [4.78, 5) is 37.9. The molecule has 23 heavy (non-hydrogen) atoms. The third-order valence-electron chi connectivity index (χ3n) is 4.51. The highest BCUT2D eigenvalue weighted by atomic mass is 16.5. The second-order valence-electron chi connectivity index (χ2n) is 6.20. The summed E-state index contributed by atoms with van der Waals surface area (Å²) in [5.41, 5.74) is 0. The van der Waals surface area contributed by atoms with Crippen LogP contribution in [0.3, 0.4) is 0 Å². The fourth-order valence-electron chi connectivity index (χ4n) is 3.19. The third-order valence-corrected chi connectivity index (χ3v) is 4.51. The lowest BCUT2D eigenvalue weighted by atomic mass is 10.0. The molecule has 3 heterocycles. The van der Waals surface area contributed by atoms with Crippen LogP contribution in [0, 0.1) is 11.8 Å². The van der Waals surface area contributed by atoms with Gasteiger partial charge in [0.05, 0.1) is 19.6 Å². The Morgan fingerprint density at radius 2 is 2.13 bits per heavy atom. The molecule has 0 radical (unpaired) electrons. The number of fused-ring (bicyclic) bond motifs is 1. The maximum atomic E-state index is 12.5. The summed E-state index contributed by atoms with van der Waals surface area (Å²) in [5.74, 6) is 1.47. The van der Waals surface area contributed by atoms with Crippen molar-refractivity contribution >= 4 is 17.6 Å². The van der Waals surface area contributed by atoms with Gasteiger partial charge in [-0.15, -0.1) is 0 Å². The van der Waals surface area contributed by atoms with Crippen molar-refractivity contribution in [2.24, 2.45) is 11.8 Å². The summed E-state index contributed by atoms with van der Waals surface area (Å²) in [6.07, 6.45) is 1.46. The molecule has 8 heteroatoms. The van der Waals surface area contributed by atoms with E-state index < -0.39 is 0 Å². The molecule has 0 bridgehead atoms. The van der Waals surface area contributed by atoms with Gasteiger partial charge in [-0.05, 0) is 0 Å². The Hall–Kier alpha value is -2.38. The number of nitrogens with zero attached hydrogens (tertiary/aromatic N) is 5. The molecule has 0 aliphatic carbocycles. The minimum absolute atomic E-state index is 0.0456. The Kier molecular flexibility index (Phi) is 4.06. The summed E-state index contributed by atoms with van der Waals surface area (Å²) in [7, 11) is 4.97. The molecule has 2 aliphatic heterocycles. The van der Waals surface area contributed by atoms with Crippen molar-refractivity contribution in [3.05, 3.63) is 12.4 Å². The lowest BCUT2D eigenvalue weighted by Gasteiger charge is -2.23. The van der Waals surface area contributed by atoms with Gasteiger partial charge in [-0.25, -0.2) is 9.97 Å². The van der Waals surface area contributed by atoms with Crippen LogP contribution in [0.15, 0.2) is 12.4 Å². The molecule has 2 amide bonds. The molecule has 2 saturated heterocycles. The predicted molar refractivity (Wildman–Crippen MR) is 83.1 cm³/mol. The van der Waals surface area contributed by atoms with Gasteiger partial charge >= 0.3 is 0 Å². The van der Waals surface area contributed by atoms with Gasteiger partial charge in [0.1, 0.15) is 12.1 Å². The lowest BCUT2D eigenvalue weighted by molar-refractivity contribution is -0.138. The van der Waals surface area contributed by atoms with E-state index in [0.717, 1.165) is 12.4 Å². The second kappa shape index (κ2) is 6.02. The first kappa shape index (κ1) is 15.5. The minimum atomic E-state index is -0.0640. The molecule has 1 aromatic heterocycles. The summed E-state index contributed by atoms with van der Waals surface area (Å²) in [6, 6.07) is 1.78. The van der Waals surface area contributed by atoms with Gasteiger partial charge in [0.15, 0.2) is 0 Å². The van der Waals surface area contributed by atoms with Gasteiger partial charge in [-0.1, -0.05) is 0 Å². The van der Waals surface area contributed by atoms with Crippen LogP contribution >= 0.6 is 0 Å². The van der Waals surface area contributed by atoms with Crippen molar-refractivity contribution in [2.75, 3.05) is 52.3 Å². The van der Waals surface area contributed by atoms with Crippen LogP contribution in [0.4, 0.5) is 5.82 Å². The van der Waals surface area contributed by atoms with Crippen LogP contribution in [0.2, 0.25) is 0 Å². The Balaban J connectivity index is 1.66. The molecule has 0 unspecified atom stereocenters. The number of aromatic nitrogens is 2. The van der Waals surface area contributed by atoms with Gasteiger partial charge in [0, 0.05) is 45.7 Å². The standard InChI is InChI=1S/C15H21N5O3/c1-18(2)14(21)8-20-6-10-5-19(7-11(10)15(20)22)12-4-13(23-3)17-9-16-12/h4,9-11H,5-8H2,1-3H3/t10-,11-/m0/s1. The number of hydrogen-bond acceptors (Lipinski definition) is 6. The number of hydrogen-bond donors (Lipinski definition) is 0. The van der Waals surface area contributed by atoms with Gasteiger partial charge in [0.25, 0.3) is 0 Å². The Morgan fingerprint density at radius 3 is 2.78 bits per heavy atom. The van der Waals surface area contributed by atoms with Crippen molar-refractivity contribution in [3.8, 4) is 5.88 Å². The van der Waals surface area contributed by atoms with E-state index in [4.69, 9.17) is 4.74 Å². The number of amides is 2. The van der Waals surface area contributed by atoms with E-state index in [0.29, 0.717) is 19.0 Å². The topological polar surface area (TPSA) is 78.9 Å². The minimum Gasteiger partial charge on any atom is -0.481 e. The van der Waals surface area contributed by atoms with Crippen LogP contribution in [0.1, 0.15) is 0 Å².